The molecule has 0 saturated heterocycles. The molecule has 0 aliphatic heterocycles. The van der Waals surface area contributed by atoms with Gasteiger partial charge in [0.25, 0.3) is 0 Å². The van der Waals surface area contributed by atoms with Gasteiger partial charge in [0.1, 0.15) is 5.76 Å². The summed E-state index contributed by atoms with van der Waals surface area (Å²) < 4.78 is 0. The van der Waals surface area contributed by atoms with Crippen LogP contribution >= 0.6 is 0 Å². The Hall–Kier alpha value is -1.02. The van der Waals surface area contributed by atoms with Crippen molar-refractivity contribution in [2.24, 2.45) is 5.73 Å². The Morgan fingerprint density at radius 1 is 1.58 bits per heavy atom. The van der Waals surface area contributed by atoms with E-state index in [0.717, 1.165) is 6.42 Å². The molecule has 2 nitrogen and oxygen atoms in total. The maximum Gasteiger partial charge on any atom is 0.115 e. The van der Waals surface area contributed by atoms with Gasteiger partial charge in [-0.1, -0.05) is 18.2 Å². The molecule has 0 aromatic heterocycles. The van der Waals surface area contributed by atoms with Gasteiger partial charge >= 0.3 is 0 Å². The van der Waals surface area contributed by atoms with Gasteiger partial charge in [0.05, 0.1) is 0 Å². The van der Waals surface area contributed by atoms with Crippen molar-refractivity contribution in [2.45, 2.75) is 26.3 Å². The van der Waals surface area contributed by atoms with Crippen molar-refractivity contribution in [2.75, 3.05) is 0 Å². The molecular weight excluding hydrogens is 150 g/mol. The van der Waals surface area contributed by atoms with Crippen LogP contribution in [0.1, 0.15) is 20.3 Å². The third-order valence-corrected chi connectivity index (χ3v) is 1.25. The lowest BCUT2D eigenvalue weighted by atomic mass is 10.2. The zero-order valence-electron chi connectivity index (χ0n) is 7.70. The van der Waals surface area contributed by atoms with E-state index in [1.54, 1.807) is 24.3 Å². The van der Waals surface area contributed by atoms with Crippen LogP contribution in [-0.4, -0.2) is 11.1 Å². The molecule has 12 heavy (non-hydrogen) atoms. The maximum absolute atomic E-state index is 9.11. The first kappa shape index (κ1) is 11.0. The Labute approximate surface area is 74.1 Å². The topological polar surface area (TPSA) is 46.2 Å². The number of hydrogen-bond donors (Lipinski definition) is 2. The maximum atomic E-state index is 9.11. The minimum absolute atomic E-state index is 0.179. The molecule has 0 heterocycles. The highest BCUT2D eigenvalue weighted by Crippen LogP contribution is 1.93. The number of aliphatic hydroxyl groups excluding tert-OH is 1. The summed E-state index contributed by atoms with van der Waals surface area (Å²) in [7, 11) is 0. The van der Waals surface area contributed by atoms with E-state index in [2.05, 4.69) is 0 Å². The van der Waals surface area contributed by atoms with Gasteiger partial charge in [-0.05, 0) is 32.4 Å². The summed E-state index contributed by atoms with van der Waals surface area (Å²) in [4.78, 5) is 0. The van der Waals surface area contributed by atoms with Crippen LogP contribution in [0.25, 0.3) is 0 Å². The summed E-state index contributed by atoms with van der Waals surface area (Å²) in [6.45, 7) is 3.80. The van der Waals surface area contributed by atoms with Crippen LogP contribution in [0, 0.1) is 0 Å². The van der Waals surface area contributed by atoms with Crippen molar-refractivity contribution >= 4 is 0 Å². The molecule has 0 aliphatic carbocycles. The zero-order valence-corrected chi connectivity index (χ0v) is 7.70. The van der Waals surface area contributed by atoms with Crippen molar-refractivity contribution < 1.29 is 5.11 Å². The normalized spacial score (nSPS) is 16.1. The summed E-state index contributed by atoms with van der Waals surface area (Å²) in [5, 5.41) is 9.11. The van der Waals surface area contributed by atoms with Gasteiger partial charge in [-0.2, -0.15) is 0 Å². The smallest absolute Gasteiger partial charge is 0.115 e. The molecule has 0 bridgehead atoms. The molecule has 0 fully saturated rings. The van der Waals surface area contributed by atoms with E-state index < -0.39 is 0 Å². The van der Waals surface area contributed by atoms with E-state index in [9.17, 15) is 0 Å². The predicted octanol–water partition coefficient (Wildman–Crippen LogP) is 2.30. The molecule has 1 atom stereocenters. The van der Waals surface area contributed by atoms with Gasteiger partial charge in [-0.25, -0.2) is 0 Å². The first-order valence-corrected chi connectivity index (χ1v) is 4.11. The molecule has 1 unspecified atom stereocenters. The number of aliphatic hydroxyl groups is 1. The third kappa shape index (κ3) is 7.09. The summed E-state index contributed by atoms with van der Waals surface area (Å²) in [5.41, 5.74) is 5.52. The summed E-state index contributed by atoms with van der Waals surface area (Å²) >= 11 is 0. The van der Waals surface area contributed by atoms with E-state index in [1.165, 1.54) is 0 Å². The van der Waals surface area contributed by atoms with Crippen molar-refractivity contribution in [1.29, 1.82) is 0 Å². The fourth-order valence-corrected chi connectivity index (χ4v) is 0.686. The predicted molar refractivity (Wildman–Crippen MR) is 52.9 cm³/mol. The SMILES string of the molecule is C\C=C/C(O)=C\C=C\CC(C)N. The van der Waals surface area contributed by atoms with Gasteiger partial charge in [-0.3, -0.25) is 0 Å². The second-order valence-corrected chi connectivity index (χ2v) is 2.73. The Morgan fingerprint density at radius 2 is 2.25 bits per heavy atom. The lowest BCUT2D eigenvalue weighted by Crippen LogP contribution is -2.12. The first-order chi connectivity index (χ1) is 5.66. The minimum Gasteiger partial charge on any atom is -0.508 e. The van der Waals surface area contributed by atoms with Crippen LogP contribution in [0.4, 0.5) is 0 Å². The molecular formula is C10H17NO. The molecule has 0 amide bonds. The Morgan fingerprint density at radius 3 is 2.75 bits per heavy atom. The molecule has 0 radical (unpaired) electrons. The van der Waals surface area contributed by atoms with Crippen molar-refractivity contribution in [3.05, 3.63) is 36.1 Å². The molecule has 0 saturated carbocycles. The first-order valence-electron chi connectivity index (χ1n) is 4.11. The molecule has 0 rings (SSSR count). The minimum atomic E-state index is 0.179. The van der Waals surface area contributed by atoms with Gasteiger partial charge < -0.3 is 10.8 Å². The highest BCUT2D eigenvalue weighted by molar-refractivity contribution is 5.16. The van der Waals surface area contributed by atoms with E-state index in [4.69, 9.17) is 10.8 Å². The Balaban J connectivity index is 3.78. The van der Waals surface area contributed by atoms with E-state index in [1.807, 2.05) is 19.9 Å². The summed E-state index contributed by atoms with van der Waals surface area (Å²) in [6.07, 6.45) is 9.63. The van der Waals surface area contributed by atoms with Crippen LogP contribution in [0.15, 0.2) is 36.1 Å². The Kier molecular flexibility index (Phi) is 6.11. The average molecular weight is 167 g/mol. The number of allylic oxidation sites excluding steroid dienone is 4. The molecule has 0 aromatic rings. The third-order valence-electron chi connectivity index (χ3n) is 1.25. The molecule has 0 spiro atoms. The number of hydrogen-bond acceptors (Lipinski definition) is 2. The largest absolute Gasteiger partial charge is 0.508 e. The second kappa shape index (κ2) is 6.68. The van der Waals surface area contributed by atoms with Gasteiger partial charge in [0, 0.05) is 6.04 Å². The van der Waals surface area contributed by atoms with Crippen LogP contribution in [0.2, 0.25) is 0 Å². The van der Waals surface area contributed by atoms with Crippen LogP contribution in [0.3, 0.4) is 0 Å². The van der Waals surface area contributed by atoms with Crippen molar-refractivity contribution in [3.63, 3.8) is 0 Å². The van der Waals surface area contributed by atoms with E-state index in [0.29, 0.717) is 0 Å². The highest BCUT2D eigenvalue weighted by atomic mass is 16.3. The summed E-state index contributed by atoms with van der Waals surface area (Å²) in [6, 6.07) is 0.179. The van der Waals surface area contributed by atoms with Gasteiger partial charge in [-0.15, -0.1) is 0 Å². The highest BCUT2D eigenvalue weighted by Gasteiger charge is 1.85. The quantitative estimate of drug-likeness (QED) is 0.498. The summed E-state index contributed by atoms with van der Waals surface area (Å²) in [5.74, 6) is 0.262. The molecule has 2 heteroatoms. The van der Waals surface area contributed by atoms with E-state index in [-0.39, 0.29) is 11.8 Å². The molecule has 0 aliphatic rings. The average Bonchev–Trinajstić information content (AvgIpc) is 1.98. The number of nitrogens with two attached hydrogens (primary N) is 1. The monoisotopic (exact) mass is 167 g/mol. The Bertz CT molecular complexity index is 190. The fraction of sp³-hybridized carbons (Fsp3) is 0.400. The van der Waals surface area contributed by atoms with Crippen LogP contribution < -0.4 is 5.73 Å². The van der Waals surface area contributed by atoms with E-state index >= 15 is 0 Å². The van der Waals surface area contributed by atoms with Crippen molar-refractivity contribution in [3.8, 4) is 0 Å². The van der Waals surface area contributed by atoms with Crippen LogP contribution in [0.5, 0.6) is 0 Å². The standard InChI is InChI=1S/C10H17NO/c1-3-6-10(12)8-5-4-7-9(2)11/h3-6,8-9,12H,7,11H2,1-2H3/b5-4+,6-3-,10-8+. The lowest BCUT2D eigenvalue weighted by Gasteiger charge is -1.95. The lowest BCUT2D eigenvalue weighted by molar-refractivity contribution is 0.432. The van der Waals surface area contributed by atoms with Gasteiger partial charge in [0.2, 0.25) is 0 Å². The second-order valence-electron chi connectivity index (χ2n) is 2.73. The molecule has 3 N–H and O–H groups in total. The number of rotatable bonds is 4. The molecule has 0 aromatic carbocycles. The van der Waals surface area contributed by atoms with Gasteiger partial charge in [0.15, 0.2) is 0 Å². The van der Waals surface area contributed by atoms with Crippen LogP contribution in [-0.2, 0) is 0 Å². The zero-order chi connectivity index (χ0) is 9.40. The van der Waals surface area contributed by atoms with Crippen molar-refractivity contribution in [1.82, 2.24) is 0 Å². The molecule has 68 valence electrons. The fourth-order valence-electron chi connectivity index (χ4n) is 0.686.